The zero-order valence-corrected chi connectivity index (χ0v) is 10.7. The lowest BCUT2D eigenvalue weighted by Gasteiger charge is -2.05. The third kappa shape index (κ3) is 2.81. The van der Waals surface area contributed by atoms with E-state index in [9.17, 15) is 14.4 Å². The number of carbonyl (C=O) groups excluding carboxylic acids is 3. The van der Waals surface area contributed by atoms with E-state index in [1.807, 2.05) is 6.07 Å². The number of rotatable bonds is 5. The molecule has 0 atom stereocenters. The molecule has 5 nitrogen and oxygen atoms in total. The average Bonchev–Trinajstić information content (AvgIpc) is 2.66. The minimum Gasteiger partial charge on any atom is -0.466 e. The Kier molecular flexibility index (Phi) is 3.94. The Morgan fingerprint density at radius 3 is 2.79 bits per heavy atom. The Hall–Kier alpha value is -2.17. The van der Waals surface area contributed by atoms with Crippen LogP contribution in [-0.4, -0.2) is 24.4 Å². The van der Waals surface area contributed by atoms with Crippen LogP contribution in [0.4, 0.5) is 0 Å². The van der Waals surface area contributed by atoms with Gasteiger partial charge in [-0.1, -0.05) is 12.1 Å². The van der Waals surface area contributed by atoms with E-state index in [1.165, 1.54) is 0 Å². The zero-order valence-electron chi connectivity index (χ0n) is 10.7. The van der Waals surface area contributed by atoms with Crippen LogP contribution in [0.2, 0.25) is 0 Å². The number of carbonyl (C=O) groups is 3. The number of amides is 2. The highest BCUT2D eigenvalue weighted by Crippen LogP contribution is 2.21. The molecule has 0 aliphatic carbocycles. The molecule has 0 saturated carbocycles. The molecule has 2 rings (SSSR count). The molecular formula is C14H15NO4. The number of benzene rings is 1. The summed E-state index contributed by atoms with van der Waals surface area (Å²) in [4.78, 5) is 34.4. The number of hydrogen-bond acceptors (Lipinski definition) is 4. The fourth-order valence-corrected chi connectivity index (χ4v) is 2.16. The van der Waals surface area contributed by atoms with Crippen LogP contribution in [0, 0.1) is 0 Å². The molecule has 0 saturated heterocycles. The molecule has 0 fully saturated rings. The molecule has 0 radical (unpaired) electrons. The molecule has 1 heterocycles. The van der Waals surface area contributed by atoms with E-state index in [1.54, 1.807) is 19.1 Å². The van der Waals surface area contributed by atoms with Gasteiger partial charge in [0, 0.05) is 6.42 Å². The Balaban J connectivity index is 2.05. The van der Waals surface area contributed by atoms with E-state index in [-0.39, 0.29) is 17.8 Å². The van der Waals surface area contributed by atoms with E-state index in [2.05, 4.69) is 5.32 Å². The van der Waals surface area contributed by atoms with Gasteiger partial charge >= 0.3 is 5.97 Å². The first-order valence-corrected chi connectivity index (χ1v) is 6.26. The number of aryl methyl sites for hydroxylation is 1. The summed E-state index contributed by atoms with van der Waals surface area (Å²) >= 11 is 0. The van der Waals surface area contributed by atoms with E-state index < -0.39 is 0 Å². The van der Waals surface area contributed by atoms with Crippen molar-refractivity contribution < 1.29 is 19.1 Å². The minimum absolute atomic E-state index is 0.240. The molecule has 5 heteroatoms. The zero-order chi connectivity index (χ0) is 13.8. The first-order chi connectivity index (χ1) is 9.13. The molecule has 1 aromatic rings. The number of fused-ring (bicyclic) bond motifs is 1. The second-order valence-corrected chi connectivity index (χ2v) is 4.28. The van der Waals surface area contributed by atoms with Crippen molar-refractivity contribution in [1.29, 1.82) is 0 Å². The molecule has 1 aliphatic heterocycles. The normalized spacial score (nSPS) is 13.1. The fraction of sp³-hybridized carbons (Fsp3) is 0.357. The van der Waals surface area contributed by atoms with Crippen molar-refractivity contribution in [2.45, 2.75) is 26.2 Å². The van der Waals surface area contributed by atoms with Crippen LogP contribution in [-0.2, 0) is 16.0 Å². The molecule has 100 valence electrons. The van der Waals surface area contributed by atoms with Crippen molar-refractivity contribution in [3.63, 3.8) is 0 Å². The first kappa shape index (κ1) is 13.3. The Morgan fingerprint density at radius 1 is 1.26 bits per heavy atom. The van der Waals surface area contributed by atoms with Crippen LogP contribution >= 0.6 is 0 Å². The minimum atomic E-state index is -0.355. The van der Waals surface area contributed by atoms with E-state index in [0.717, 1.165) is 5.56 Å². The number of hydrogen-bond donors (Lipinski definition) is 1. The van der Waals surface area contributed by atoms with Crippen LogP contribution in [0.1, 0.15) is 46.0 Å². The molecule has 2 amide bonds. The maximum absolute atomic E-state index is 11.7. The van der Waals surface area contributed by atoms with Crippen molar-refractivity contribution in [2.24, 2.45) is 0 Å². The smallest absolute Gasteiger partial charge is 0.305 e. The molecular weight excluding hydrogens is 246 g/mol. The maximum Gasteiger partial charge on any atom is 0.305 e. The first-order valence-electron chi connectivity index (χ1n) is 6.26. The van der Waals surface area contributed by atoms with Gasteiger partial charge in [0.25, 0.3) is 11.8 Å². The van der Waals surface area contributed by atoms with Gasteiger partial charge in [-0.15, -0.1) is 0 Å². The molecule has 0 unspecified atom stereocenters. The van der Waals surface area contributed by atoms with Crippen molar-refractivity contribution in [3.8, 4) is 0 Å². The molecule has 0 bridgehead atoms. The Bertz CT molecular complexity index is 536. The molecule has 0 spiro atoms. The van der Waals surface area contributed by atoms with Gasteiger partial charge in [0.15, 0.2) is 0 Å². The van der Waals surface area contributed by atoms with Gasteiger partial charge in [-0.05, 0) is 31.4 Å². The Labute approximate surface area is 110 Å². The van der Waals surface area contributed by atoms with Gasteiger partial charge in [-0.3, -0.25) is 19.7 Å². The summed E-state index contributed by atoms with van der Waals surface area (Å²) < 4.78 is 4.84. The van der Waals surface area contributed by atoms with Crippen LogP contribution < -0.4 is 5.32 Å². The number of ether oxygens (including phenoxy) is 1. The van der Waals surface area contributed by atoms with E-state index in [4.69, 9.17) is 4.74 Å². The van der Waals surface area contributed by atoms with Gasteiger partial charge < -0.3 is 4.74 Å². The summed E-state index contributed by atoms with van der Waals surface area (Å²) in [5.74, 6) is -0.949. The van der Waals surface area contributed by atoms with Crippen molar-refractivity contribution in [2.75, 3.05) is 6.61 Å². The van der Waals surface area contributed by atoms with Crippen LogP contribution in [0.15, 0.2) is 18.2 Å². The molecule has 1 aliphatic rings. The quantitative estimate of drug-likeness (QED) is 0.643. The SMILES string of the molecule is CCOC(=O)CCCc1cccc2c1C(=O)NC2=O. The number of nitrogens with one attached hydrogen (secondary N) is 1. The standard InChI is InChI=1S/C14H15NO4/c1-2-19-11(16)8-4-6-9-5-3-7-10-12(9)14(18)15-13(10)17/h3,5,7H,2,4,6,8H2,1H3,(H,15,17,18). The molecule has 19 heavy (non-hydrogen) atoms. The van der Waals surface area contributed by atoms with Crippen LogP contribution in [0.25, 0.3) is 0 Å². The van der Waals surface area contributed by atoms with Gasteiger partial charge in [0.05, 0.1) is 17.7 Å². The summed E-state index contributed by atoms with van der Waals surface area (Å²) in [7, 11) is 0. The van der Waals surface area contributed by atoms with Crippen LogP contribution in [0.3, 0.4) is 0 Å². The lowest BCUT2D eigenvalue weighted by atomic mass is 9.98. The summed E-state index contributed by atoms with van der Waals surface area (Å²) in [6.45, 7) is 2.13. The highest BCUT2D eigenvalue weighted by atomic mass is 16.5. The maximum atomic E-state index is 11.7. The second kappa shape index (κ2) is 5.65. The van der Waals surface area contributed by atoms with Crippen molar-refractivity contribution in [1.82, 2.24) is 5.32 Å². The van der Waals surface area contributed by atoms with Crippen molar-refractivity contribution in [3.05, 3.63) is 34.9 Å². The molecule has 1 aromatic carbocycles. The second-order valence-electron chi connectivity index (χ2n) is 4.28. The summed E-state index contributed by atoms with van der Waals surface area (Å²) in [6, 6.07) is 5.18. The highest BCUT2D eigenvalue weighted by Gasteiger charge is 2.28. The third-order valence-electron chi connectivity index (χ3n) is 2.98. The summed E-state index contributed by atoms with van der Waals surface area (Å²) in [6.07, 6.45) is 1.48. The monoisotopic (exact) mass is 261 g/mol. The van der Waals surface area contributed by atoms with Gasteiger partial charge in [0.2, 0.25) is 0 Å². The summed E-state index contributed by atoms with van der Waals surface area (Å²) in [5, 5.41) is 2.27. The lowest BCUT2D eigenvalue weighted by molar-refractivity contribution is -0.143. The fourth-order valence-electron chi connectivity index (χ4n) is 2.16. The third-order valence-corrected chi connectivity index (χ3v) is 2.98. The van der Waals surface area contributed by atoms with Gasteiger partial charge in [-0.25, -0.2) is 0 Å². The number of imide groups is 1. The largest absolute Gasteiger partial charge is 0.466 e. The van der Waals surface area contributed by atoms with Crippen LogP contribution in [0.5, 0.6) is 0 Å². The predicted molar refractivity (Wildman–Crippen MR) is 67.8 cm³/mol. The predicted octanol–water partition coefficient (Wildman–Crippen LogP) is 1.46. The lowest BCUT2D eigenvalue weighted by Crippen LogP contribution is -2.20. The Morgan fingerprint density at radius 2 is 2.05 bits per heavy atom. The van der Waals surface area contributed by atoms with Crippen molar-refractivity contribution >= 4 is 17.8 Å². The van der Waals surface area contributed by atoms with Gasteiger partial charge in [-0.2, -0.15) is 0 Å². The van der Waals surface area contributed by atoms with Gasteiger partial charge in [0.1, 0.15) is 0 Å². The molecule has 0 aromatic heterocycles. The van der Waals surface area contributed by atoms with E-state index >= 15 is 0 Å². The average molecular weight is 261 g/mol. The molecule has 1 N–H and O–H groups in total. The topological polar surface area (TPSA) is 72.5 Å². The van der Waals surface area contributed by atoms with E-state index in [0.29, 0.717) is 37.0 Å². The summed E-state index contributed by atoms with van der Waals surface area (Å²) in [5.41, 5.74) is 1.65. The highest BCUT2D eigenvalue weighted by molar-refractivity contribution is 6.22. The number of esters is 1.